The number of rotatable bonds is 2. The molecule has 2 atom stereocenters. The summed E-state index contributed by atoms with van der Waals surface area (Å²) in [5, 5.41) is 13.4. The Bertz CT molecular complexity index is 539. The number of fused-ring (bicyclic) bond motifs is 1. The molecule has 2 N–H and O–H groups in total. The third kappa shape index (κ3) is 2.59. The SMILES string of the molecule is CC1=CSC2CC(=O)N2C1(NC(=O)OC(C)(C)C)C(=O)O. The number of carbonyl (C=O) groups excluding carboxylic acids is 2. The van der Waals surface area contributed by atoms with Crippen LogP contribution in [-0.4, -0.2) is 44.6 Å². The van der Waals surface area contributed by atoms with Gasteiger partial charge in [0.2, 0.25) is 11.6 Å². The highest BCUT2D eigenvalue weighted by atomic mass is 32.2. The van der Waals surface area contributed by atoms with E-state index < -0.39 is 23.3 Å². The van der Waals surface area contributed by atoms with E-state index in [0.717, 1.165) is 0 Å². The van der Waals surface area contributed by atoms with Gasteiger partial charge in [0.15, 0.2) is 0 Å². The zero-order valence-electron chi connectivity index (χ0n) is 12.3. The molecule has 2 unspecified atom stereocenters. The first-order valence-electron chi connectivity index (χ1n) is 6.47. The maximum atomic E-state index is 12.0. The van der Waals surface area contributed by atoms with Crippen molar-refractivity contribution in [3.63, 3.8) is 0 Å². The van der Waals surface area contributed by atoms with Crippen molar-refractivity contribution < 1.29 is 24.2 Å². The van der Waals surface area contributed by atoms with Gasteiger partial charge >= 0.3 is 12.1 Å². The Balaban J connectivity index is 2.34. The van der Waals surface area contributed by atoms with Crippen LogP contribution in [0.2, 0.25) is 0 Å². The summed E-state index contributed by atoms with van der Waals surface area (Å²) in [6.07, 6.45) is -0.609. The van der Waals surface area contributed by atoms with E-state index in [-0.39, 0.29) is 17.7 Å². The Morgan fingerprint density at radius 3 is 2.62 bits per heavy atom. The molecule has 1 saturated heterocycles. The largest absolute Gasteiger partial charge is 0.478 e. The number of aliphatic carboxylic acids is 1. The third-order valence-corrected chi connectivity index (χ3v) is 4.41. The number of thioether (sulfide) groups is 1. The molecule has 21 heavy (non-hydrogen) atoms. The van der Waals surface area contributed by atoms with Crippen molar-refractivity contribution in [1.82, 2.24) is 10.2 Å². The number of nitrogens with zero attached hydrogens (tertiary/aromatic N) is 1. The predicted molar refractivity (Wildman–Crippen MR) is 76.3 cm³/mol. The summed E-state index contributed by atoms with van der Waals surface area (Å²) in [5.74, 6) is -1.61. The van der Waals surface area contributed by atoms with Crippen molar-refractivity contribution in [2.45, 2.75) is 50.8 Å². The molecule has 0 saturated carbocycles. The van der Waals surface area contributed by atoms with Gasteiger partial charge < -0.3 is 9.84 Å². The number of carboxylic acid groups (broad SMARTS) is 1. The number of amides is 2. The van der Waals surface area contributed by atoms with Crippen molar-refractivity contribution in [3.05, 3.63) is 11.0 Å². The lowest BCUT2D eigenvalue weighted by molar-refractivity contribution is -0.167. The third-order valence-electron chi connectivity index (χ3n) is 3.23. The number of hydrogen-bond donors (Lipinski definition) is 2. The van der Waals surface area contributed by atoms with Gasteiger partial charge in [-0.2, -0.15) is 0 Å². The van der Waals surface area contributed by atoms with Crippen LogP contribution in [0.1, 0.15) is 34.1 Å². The topological polar surface area (TPSA) is 95.9 Å². The molecular weight excluding hydrogens is 296 g/mol. The van der Waals surface area contributed by atoms with Crippen LogP contribution in [0.25, 0.3) is 0 Å². The lowest BCUT2D eigenvalue weighted by atomic mass is 9.95. The van der Waals surface area contributed by atoms with Gasteiger partial charge in [0.05, 0.1) is 11.8 Å². The molecule has 116 valence electrons. The Labute approximate surface area is 126 Å². The normalized spacial score (nSPS) is 28.2. The molecule has 0 aliphatic carbocycles. The van der Waals surface area contributed by atoms with Crippen LogP contribution in [0, 0.1) is 0 Å². The van der Waals surface area contributed by atoms with Crippen LogP contribution in [0.3, 0.4) is 0 Å². The summed E-state index contributed by atoms with van der Waals surface area (Å²) < 4.78 is 5.12. The van der Waals surface area contributed by atoms with Crippen LogP contribution < -0.4 is 5.32 Å². The highest BCUT2D eigenvalue weighted by Crippen LogP contribution is 2.44. The predicted octanol–water partition coefficient (Wildman–Crippen LogP) is 1.50. The Kier molecular flexibility index (Phi) is 3.69. The molecule has 2 heterocycles. The van der Waals surface area contributed by atoms with E-state index in [2.05, 4.69) is 5.32 Å². The summed E-state index contributed by atoms with van der Waals surface area (Å²) >= 11 is 1.37. The standard InChI is InChI=1S/C13H18N2O5S/c1-7-6-21-9-5-8(16)15(9)13(7,10(17)18)14-11(19)20-12(2,3)4/h6,9H,5H2,1-4H3,(H,14,19)(H,17,18). The number of carboxylic acids is 1. The minimum Gasteiger partial charge on any atom is -0.478 e. The van der Waals surface area contributed by atoms with Gasteiger partial charge in [-0.1, -0.05) is 0 Å². The van der Waals surface area contributed by atoms with E-state index in [4.69, 9.17) is 4.74 Å². The van der Waals surface area contributed by atoms with E-state index in [1.54, 1.807) is 33.1 Å². The molecule has 0 spiro atoms. The van der Waals surface area contributed by atoms with Crippen molar-refractivity contribution >= 4 is 29.7 Å². The quantitative estimate of drug-likeness (QED) is 0.750. The molecule has 1 fully saturated rings. The number of hydrogen-bond acceptors (Lipinski definition) is 5. The molecule has 0 aromatic heterocycles. The molecule has 8 heteroatoms. The van der Waals surface area contributed by atoms with Gasteiger partial charge in [0, 0.05) is 0 Å². The van der Waals surface area contributed by atoms with Gasteiger partial charge in [0.25, 0.3) is 0 Å². The number of nitrogens with one attached hydrogen (secondary N) is 1. The van der Waals surface area contributed by atoms with E-state index in [1.165, 1.54) is 16.7 Å². The van der Waals surface area contributed by atoms with Crippen molar-refractivity contribution in [1.29, 1.82) is 0 Å². The lowest BCUT2D eigenvalue weighted by Gasteiger charge is -2.52. The van der Waals surface area contributed by atoms with Crippen LogP contribution in [0.15, 0.2) is 11.0 Å². The second-order valence-corrected chi connectivity index (χ2v) is 7.05. The average Bonchev–Trinajstić information content (AvgIpc) is 2.28. The number of carbonyl (C=O) groups is 3. The van der Waals surface area contributed by atoms with Crippen molar-refractivity contribution in [3.8, 4) is 0 Å². The van der Waals surface area contributed by atoms with Crippen molar-refractivity contribution in [2.24, 2.45) is 0 Å². The fraction of sp³-hybridized carbons (Fsp3) is 0.615. The van der Waals surface area contributed by atoms with Crippen LogP contribution in [-0.2, 0) is 14.3 Å². The molecule has 2 aliphatic rings. The van der Waals surface area contributed by atoms with Gasteiger partial charge in [-0.05, 0) is 38.7 Å². The van der Waals surface area contributed by atoms with Gasteiger partial charge in [-0.25, -0.2) is 9.59 Å². The lowest BCUT2D eigenvalue weighted by Crippen LogP contribution is -2.75. The maximum Gasteiger partial charge on any atom is 0.410 e. The van der Waals surface area contributed by atoms with E-state index in [0.29, 0.717) is 5.57 Å². The van der Waals surface area contributed by atoms with Crippen LogP contribution in [0.5, 0.6) is 0 Å². The Hall–Kier alpha value is -1.70. The van der Waals surface area contributed by atoms with Gasteiger partial charge in [-0.15, -0.1) is 11.8 Å². The number of alkyl carbamates (subject to hydrolysis) is 1. The van der Waals surface area contributed by atoms with E-state index in [1.807, 2.05) is 0 Å². The first-order chi connectivity index (χ1) is 9.58. The molecule has 2 amide bonds. The molecule has 2 aliphatic heterocycles. The van der Waals surface area contributed by atoms with Crippen LogP contribution >= 0.6 is 11.8 Å². The average molecular weight is 314 g/mol. The monoisotopic (exact) mass is 314 g/mol. The molecule has 7 nitrogen and oxygen atoms in total. The Morgan fingerprint density at radius 1 is 1.52 bits per heavy atom. The van der Waals surface area contributed by atoms with Gasteiger partial charge in [0.1, 0.15) is 5.60 Å². The maximum absolute atomic E-state index is 12.0. The Morgan fingerprint density at radius 2 is 2.14 bits per heavy atom. The minimum atomic E-state index is -1.87. The molecule has 0 bridgehead atoms. The zero-order chi connectivity index (χ0) is 16.0. The first kappa shape index (κ1) is 15.7. The second kappa shape index (κ2) is 4.94. The number of β-lactam (4-membered cyclic amide) rings is 1. The minimum absolute atomic E-state index is 0.263. The summed E-state index contributed by atoms with van der Waals surface area (Å²) in [5.41, 5.74) is -2.26. The molecular formula is C13H18N2O5S. The summed E-state index contributed by atoms with van der Waals surface area (Å²) in [6, 6.07) is 0. The molecule has 0 radical (unpaired) electrons. The van der Waals surface area contributed by atoms with Crippen LogP contribution in [0.4, 0.5) is 4.79 Å². The van der Waals surface area contributed by atoms with E-state index >= 15 is 0 Å². The van der Waals surface area contributed by atoms with E-state index in [9.17, 15) is 19.5 Å². The highest BCUT2D eigenvalue weighted by Gasteiger charge is 2.59. The van der Waals surface area contributed by atoms with Gasteiger partial charge in [-0.3, -0.25) is 15.0 Å². The number of ether oxygens (including phenoxy) is 1. The molecule has 0 aromatic rings. The fourth-order valence-corrected chi connectivity index (χ4v) is 3.46. The highest BCUT2D eigenvalue weighted by molar-refractivity contribution is 8.02. The first-order valence-corrected chi connectivity index (χ1v) is 7.41. The molecule has 0 aromatic carbocycles. The summed E-state index contributed by atoms with van der Waals surface area (Å²) in [4.78, 5) is 36.8. The summed E-state index contributed by atoms with van der Waals surface area (Å²) in [6.45, 7) is 6.60. The molecule has 2 rings (SSSR count). The zero-order valence-corrected chi connectivity index (χ0v) is 13.1. The van der Waals surface area contributed by atoms with Crippen molar-refractivity contribution in [2.75, 3.05) is 0 Å². The summed E-state index contributed by atoms with van der Waals surface area (Å²) in [7, 11) is 0. The smallest absolute Gasteiger partial charge is 0.410 e. The fourth-order valence-electron chi connectivity index (χ4n) is 2.29. The second-order valence-electron chi connectivity index (χ2n) is 6.00.